The summed E-state index contributed by atoms with van der Waals surface area (Å²) in [7, 11) is 1.81. The van der Waals surface area contributed by atoms with Gasteiger partial charge in [-0.3, -0.25) is 0 Å². The molecule has 0 aromatic carbocycles. The van der Waals surface area contributed by atoms with Crippen LogP contribution in [0.3, 0.4) is 0 Å². The number of rotatable bonds is 4. The molecule has 0 aromatic rings. The Kier molecular flexibility index (Phi) is 4.91. The van der Waals surface area contributed by atoms with Crippen molar-refractivity contribution in [2.45, 2.75) is 6.42 Å². The van der Waals surface area contributed by atoms with Gasteiger partial charge < -0.3 is 15.2 Å². The summed E-state index contributed by atoms with van der Waals surface area (Å²) in [4.78, 5) is 9.72. The molecule has 0 aliphatic heterocycles. The van der Waals surface area contributed by atoms with Crippen LogP contribution in [0.2, 0.25) is 0 Å². The van der Waals surface area contributed by atoms with E-state index in [1.54, 1.807) is 7.05 Å². The van der Waals surface area contributed by atoms with Crippen LogP contribution in [0.25, 0.3) is 0 Å². The molecule has 4 nitrogen and oxygen atoms in total. The van der Waals surface area contributed by atoms with Gasteiger partial charge in [0.2, 0.25) is 0 Å². The molecule has 0 aromatic heterocycles. The summed E-state index contributed by atoms with van der Waals surface area (Å²) in [5, 5.41) is 10.8. The van der Waals surface area contributed by atoms with Gasteiger partial charge in [-0.25, -0.2) is 4.79 Å². The van der Waals surface area contributed by atoms with E-state index in [-0.39, 0.29) is 6.61 Å². The van der Waals surface area contributed by atoms with Gasteiger partial charge in [0.25, 0.3) is 0 Å². The Labute approximate surface area is 53.8 Å². The lowest BCUT2D eigenvalue weighted by molar-refractivity contribution is 0.0908. The number of ether oxygens (including phenoxy) is 1. The zero-order valence-corrected chi connectivity index (χ0v) is 5.39. The topological polar surface area (TPSA) is 58.6 Å². The van der Waals surface area contributed by atoms with Crippen molar-refractivity contribution in [3.05, 3.63) is 0 Å². The molecule has 0 spiro atoms. The molecule has 0 atom stereocenters. The predicted molar refractivity (Wildman–Crippen MR) is 32.5 cm³/mol. The minimum Gasteiger partial charge on any atom is -0.450 e. The molecule has 0 amide bonds. The van der Waals surface area contributed by atoms with Gasteiger partial charge in [0.1, 0.15) is 0 Å². The average molecular weight is 133 g/mol. The van der Waals surface area contributed by atoms with Gasteiger partial charge >= 0.3 is 6.16 Å². The van der Waals surface area contributed by atoms with E-state index in [0.29, 0.717) is 0 Å². The van der Waals surface area contributed by atoms with E-state index >= 15 is 0 Å². The van der Waals surface area contributed by atoms with Gasteiger partial charge in [-0.2, -0.15) is 0 Å². The van der Waals surface area contributed by atoms with Gasteiger partial charge in [-0.15, -0.1) is 0 Å². The molecule has 0 unspecified atom stereocenters. The van der Waals surface area contributed by atoms with Crippen molar-refractivity contribution in [2.75, 3.05) is 20.2 Å². The minimum absolute atomic E-state index is 0.274. The SMILES string of the molecule is CNCCCOC(=O)O. The Morgan fingerprint density at radius 1 is 1.78 bits per heavy atom. The first-order chi connectivity index (χ1) is 4.27. The second-order valence-electron chi connectivity index (χ2n) is 1.57. The third-order valence-electron chi connectivity index (χ3n) is 0.797. The van der Waals surface area contributed by atoms with Crippen molar-refractivity contribution in [3.8, 4) is 0 Å². The lowest BCUT2D eigenvalue weighted by Gasteiger charge is -1.97. The monoisotopic (exact) mass is 133 g/mol. The molecule has 2 N–H and O–H groups in total. The van der Waals surface area contributed by atoms with Gasteiger partial charge in [-0.05, 0) is 20.0 Å². The quantitative estimate of drug-likeness (QED) is 0.427. The number of hydrogen-bond acceptors (Lipinski definition) is 3. The lowest BCUT2D eigenvalue weighted by Crippen LogP contribution is -2.11. The summed E-state index contributed by atoms with van der Waals surface area (Å²) < 4.78 is 4.22. The molecule has 0 radical (unpaired) electrons. The van der Waals surface area contributed by atoms with E-state index in [1.165, 1.54) is 0 Å². The predicted octanol–water partition coefficient (Wildman–Crippen LogP) is 0.290. The second-order valence-corrected chi connectivity index (χ2v) is 1.57. The van der Waals surface area contributed by atoms with Crippen LogP contribution in [0.4, 0.5) is 4.79 Å². The number of nitrogens with one attached hydrogen (secondary N) is 1. The number of carbonyl (C=O) groups is 1. The maximum Gasteiger partial charge on any atom is 0.505 e. The van der Waals surface area contributed by atoms with Crippen molar-refractivity contribution in [2.24, 2.45) is 0 Å². The van der Waals surface area contributed by atoms with Crippen LogP contribution in [-0.4, -0.2) is 31.5 Å². The van der Waals surface area contributed by atoms with Crippen LogP contribution < -0.4 is 5.32 Å². The fourth-order valence-corrected chi connectivity index (χ4v) is 0.408. The highest BCUT2D eigenvalue weighted by Crippen LogP contribution is 1.80. The first-order valence-electron chi connectivity index (χ1n) is 2.77. The van der Waals surface area contributed by atoms with Gasteiger partial charge in [0.05, 0.1) is 6.61 Å². The molecule has 0 saturated carbocycles. The molecule has 0 rings (SSSR count). The average Bonchev–Trinajstić information content (AvgIpc) is 1.80. The Hall–Kier alpha value is -0.770. The maximum atomic E-state index is 9.72. The van der Waals surface area contributed by atoms with Crippen LogP contribution in [-0.2, 0) is 4.74 Å². The standard InChI is InChI=1S/C5H11NO3/c1-6-3-2-4-9-5(7)8/h6H,2-4H2,1H3,(H,7,8). The first-order valence-corrected chi connectivity index (χ1v) is 2.77. The van der Waals surface area contributed by atoms with E-state index in [9.17, 15) is 4.79 Å². The molecule has 0 saturated heterocycles. The van der Waals surface area contributed by atoms with Crippen molar-refractivity contribution >= 4 is 6.16 Å². The highest BCUT2D eigenvalue weighted by molar-refractivity contribution is 5.56. The summed E-state index contributed by atoms with van der Waals surface area (Å²) in [6, 6.07) is 0. The van der Waals surface area contributed by atoms with Crippen molar-refractivity contribution in [1.82, 2.24) is 5.32 Å². The highest BCUT2D eigenvalue weighted by atomic mass is 16.7. The summed E-state index contributed by atoms with van der Waals surface area (Å²) in [6.07, 6.45) is -0.478. The van der Waals surface area contributed by atoms with E-state index in [1.807, 2.05) is 0 Å². The second kappa shape index (κ2) is 5.37. The van der Waals surface area contributed by atoms with Crippen molar-refractivity contribution in [3.63, 3.8) is 0 Å². The van der Waals surface area contributed by atoms with E-state index in [0.717, 1.165) is 13.0 Å². The Morgan fingerprint density at radius 2 is 2.44 bits per heavy atom. The molecular formula is C5H11NO3. The number of hydrogen-bond donors (Lipinski definition) is 2. The van der Waals surface area contributed by atoms with Crippen LogP contribution in [0, 0.1) is 0 Å². The van der Waals surface area contributed by atoms with Crippen LogP contribution in [0.1, 0.15) is 6.42 Å². The molecule has 0 bridgehead atoms. The van der Waals surface area contributed by atoms with Crippen LogP contribution in [0.15, 0.2) is 0 Å². The summed E-state index contributed by atoms with van der Waals surface area (Å²) in [6.45, 7) is 1.06. The Morgan fingerprint density at radius 3 is 2.89 bits per heavy atom. The van der Waals surface area contributed by atoms with Gasteiger partial charge in [0, 0.05) is 0 Å². The Bertz CT molecular complexity index is 84.3. The lowest BCUT2D eigenvalue weighted by atomic mass is 10.5. The zero-order valence-electron chi connectivity index (χ0n) is 5.39. The molecule has 0 aliphatic rings. The minimum atomic E-state index is -1.20. The molecule has 54 valence electrons. The highest BCUT2D eigenvalue weighted by Gasteiger charge is 1.92. The summed E-state index contributed by atoms with van der Waals surface area (Å²) in [5.41, 5.74) is 0. The fourth-order valence-electron chi connectivity index (χ4n) is 0.408. The molecule has 9 heavy (non-hydrogen) atoms. The van der Waals surface area contributed by atoms with Crippen molar-refractivity contribution in [1.29, 1.82) is 0 Å². The molecule has 4 heteroatoms. The van der Waals surface area contributed by atoms with Crippen LogP contribution in [0.5, 0.6) is 0 Å². The maximum absolute atomic E-state index is 9.72. The third kappa shape index (κ3) is 7.23. The smallest absolute Gasteiger partial charge is 0.450 e. The zero-order chi connectivity index (χ0) is 7.11. The summed E-state index contributed by atoms with van der Waals surface area (Å²) in [5.74, 6) is 0. The Balaban J connectivity index is 2.83. The van der Waals surface area contributed by atoms with E-state index in [2.05, 4.69) is 10.1 Å². The first kappa shape index (κ1) is 8.23. The molecule has 0 heterocycles. The van der Waals surface area contributed by atoms with Gasteiger partial charge in [-0.1, -0.05) is 0 Å². The fraction of sp³-hybridized carbons (Fsp3) is 0.800. The normalized spacial score (nSPS) is 9.00. The third-order valence-corrected chi connectivity index (χ3v) is 0.797. The number of carboxylic acid groups (broad SMARTS) is 1. The van der Waals surface area contributed by atoms with Crippen molar-refractivity contribution < 1.29 is 14.6 Å². The molecular weight excluding hydrogens is 122 g/mol. The van der Waals surface area contributed by atoms with E-state index in [4.69, 9.17) is 5.11 Å². The van der Waals surface area contributed by atoms with Gasteiger partial charge in [0.15, 0.2) is 0 Å². The molecule has 0 fully saturated rings. The summed E-state index contributed by atoms with van der Waals surface area (Å²) >= 11 is 0. The van der Waals surface area contributed by atoms with E-state index < -0.39 is 6.16 Å². The van der Waals surface area contributed by atoms with Crippen LogP contribution >= 0.6 is 0 Å². The molecule has 0 aliphatic carbocycles. The largest absolute Gasteiger partial charge is 0.505 e.